The summed E-state index contributed by atoms with van der Waals surface area (Å²) in [5.41, 5.74) is 0. The molecule has 0 heterocycles. The number of hydrogen-bond donors (Lipinski definition) is 0. The second-order valence-corrected chi connectivity index (χ2v) is 0. The van der Waals surface area contributed by atoms with Gasteiger partial charge in [0, 0.05) is 34.7 Å². The van der Waals surface area contributed by atoms with Crippen LogP contribution in [0.15, 0.2) is 0 Å². The predicted octanol–water partition coefficient (Wildman–Crippen LogP) is 1.27. The van der Waals surface area contributed by atoms with Crippen molar-refractivity contribution in [2.75, 3.05) is 0 Å². The maximum Gasteiger partial charge on any atom is 0 e. The van der Waals surface area contributed by atoms with Gasteiger partial charge in [0.05, 0.1) is 0 Å². The molecule has 0 saturated carbocycles. The average molecular weight is 136 g/mol. The Balaban J connectivity index is 0. The van der Waals surface area contributed by atoms with Crippen molar-refractivity contribution in [3.63, 3.8) is 0 Å². The molecule has 0 rings (SSSR count). The third-order valence-corrected chi connectivity index (χ3v) is 0. The monoisotopic (exact) mass is 136 g/mol. The van der Waals surface area contributed by atoms with Gasteiger partial charge in [-0.15, -0.1) is 0 Å². The first-order valence-corrected chi connectivity index (χ1v) is 0. The van der Waals surface area contributed by atoms with Crippen molar-refractivity contribution in [1.29, 1.82) is 0 Å². The van der Waals surface area contributed by atoms with E-state index >= 15 is 0 Å². The topological polar surface area (TPSA) is 0 Å². The van der Waals surface area contributed by atoms with Crippen LogP contribution in [0.1, 0.15) is 14.9 Å². The van der Waals surface area contributed by atoms with Crippen LogP contribution in [0.25, 0.3) is 0 Å². The molecule has 0 aliphatic carbocycles. The molecule has 2 heteroatoms. The van der Waals surface area contributed by atoms with Crippen molar-refractivity contribution in [1.82, 2.24) is 0 Å². The average Bonchev–Trinajstić information content (AvgIpc) is 0. The SMILES string of the molecule is C.C.[Cr].[Cr]. The van der Waals surface area contributed by atoms with Crippen molar-refractivity contribution in [3.8, 4) is 0 Å². The van der Waals surface area contributed by atoms with Crippen LogP contribution in [0.4, 0.5) is 0 Å². The second kappa shape index (κ2) is 33.7. The third-order valence-electron chi connectivity index (χ3n) is 0. The summed E-state index contributed by atoms with van der Waals surface area (Å²) < 4.78 is 0. The minimum atomic E-state index is 0. The molecule has 0 aliphatic rings. The molecule has 0 unspecified atom stereocenters. The molecule has 0 aromatic rings. The molecule has 0 aromatic carbocycles. The molecule has 0 fully saturated rings. The summed E-state index contributed by atoms with van der Waals surface area (Å²) in [5, 5.41) is 0. The minimum absolute atomic E-state index is 0. The molecule has 0 spiro atoms. The second-order valence-electron chi connectivity index (χ2n) is 0. The van der Waals surface area contributed by atoms with Crippen LogP contribution in [0.3, 0.4) is 0 Å². The van der Waals surface area contributed by atoms with Crippen LogP contribution in [0.5, 0.6) is 0 Å². The van der Waals surface area contributed by atoms with Gasteiger partial charge in [0.25, 0.3) is 0 Å². The van der Waals surface area contributed by atoms with Crippen molar-refractivity contribution in [3.05, 3.63) is 0 Å². The van der Waals surface area contributed by atoms with Crippen LogP contribution >= 0.6 is 0 Å². The van der Waals surface area contributed by atoms with Gasteiger partial charge < -0.3 is 0 Å². The largest absolute Gasteiger partial charge is 0.0776 e. The van der Waals surface area contributed by atoms with Gasteiger partial charge in [0.15, 0.2) is 0 Å². The van der Waals surface area contributed by atoms with Crippen molar-refractivity contribution in [2.24, 2.45) is 0 Å². The molecular formula is C2H8Cr2. The van der Waals surface area contributed by atoms with Crippen molar-refractivity contribution >= 4 is 0 Å². The zero-order valence-corrected chi connectivity index (χ0v) is 3.37. The Labute approximate surface area is 49.9 Å². The van der Waals surface area contributed by atoms with Crippen LogP contribution in [-0.2, 0) is 34.7 Å². The smallest absolute Gasteiger partial charge is 0 e. The van der Waals surface area contributed by atoms with Crippen LogP contribution < -0.4 is 0 Å². The Hall–Kier alpha value is 1.06. The summed E-state index contributed by atoms with van der Waals surface area (Å²) in [5.74, 6) is 0. The van der Waals surface area contributed by atoms with Gasteiger partial charge in [-0.05, 0) is 0 Å². The van der Waals surface area contributed by atoms with Gasteiger partial charge in [-0.25, -0.2) is 0 Å². The fourth-order valence-corrected chi connectivity index (χ4v) is 0. The summed E-state index contributed by atoms with van der Waals surface area (Å²) in [7, 11) is 0. The van der Waals surface area contributed by atoms with Gasteiger partial charge in [-0.2, -0.15) is 0 Å². The number of rotatable bonds is 0. The van der Waals surface area contributed by atoms with Crippen LogP contribution in [0.2, 0.25) is 0 Å². The molecular weight excluding hydrogens is 128 g/mol. The predicted molar refractivity (Wildman–Crippen MR) is 13.5 cm³/mol. The molecule has 0 saturated heterocycles. The van der Waals surface area contributed by atoms with E-state index in [9.17, 15) is 0 Å². The summed E-state index contributed by atoms with van der Waals surface area (Å²) in [6.45, 7) is 0. The van der Waals surface area contributed by atoms with Crippen molar-refractivity contribution in [2.45, 2.75) is 14.9 Å². The van der Waals surface area contributed by atoms with E-state index in [1.165, 1.54) is 0 Å². The fraction of sp³-hybridized carbons (Fsp3) is 1.00. The van der Waals surface area contributed by atoms with Gasteiger partial charge in [-0.3, -0.25) is 0 Å². The van der Waals surface area contributed by atoms with E-state index in [0.717, 1.165) is 0 Å². The van der Waals surface area contributed by atoms with Gasteiger partial charge >= 0.3 is 0 Å². The van der Waals surface area contributed by atoms with Crippen LogP contribution in [-0.4, -0.2) is 0 Å². The first-order valence-electron chi connectivity index (χ1n) is 0. The third kappa shape index (κ3) is 11.5. The molecule has 0 nitrogen and oxygen atoms in total. The molecule has 0 N–H and O–H groups in total. The standard InChI is InChI=1S/2CH4.2Cr/h2*1H4;;. The Morgan fingerprint density at radius 1 is 0.500 bits per heavy atom. The molecule has 0 bridgehead atoms. The Bertz CT molecular complexity index is 4.00. The summed E-state index contributed by atoms with van der Waals surface area (Å²) in [4.78, 5) is 0. The zero-order chi connectivity index (χ0) is 0. The molecule has 0 aliphatic heterocycles. The van der Waals surface area contributed by atoms with E-state index in [1.807, 2.05) is 0 Å². The fourth-order valence-electron chi connectivity index (χ4n) is 0. The molecule has 0 radical (unpaired) electrons. The first-order chi connectivity index (χ1) is 0. The molecule has 0 atom stereocenters. The zero-order valence-electron chi connectivity index (χ0n) is 0.816. The maximum absolute atomic E-state index is 0. The minimum Gasteiger partial charge on any atom is -0.0776 e. The Morgan fingerprint density at radius 3 is 0.500 bits per heavy atom. The van der Waals surface area contributed by atoms with E-state index in [1.54, 1.807) is 0 Å². The number of hydrogen-bond acceptors (Lipinski definition) is 0. The van der Waals surface area contributed by atoms with Gasteiger partial charge in [0.1, 0.15) is 0 Å². The van der Waals surface area contributed by atoms with E-state index in [2.05, 4.69) is 0 Å². The van der Waals surface area contributed by atoms with E-state index in [0.29, 0.717) is 0 Å². The molecule has 0 amide bonds. The quantitative estimate of drug-likeness (QED) is 0.470. The molecule has 28 valence electrons. The Morgan fingerprint density at radius 2 is 0.500 bits per heavy atom. The first kappa shape index (κ1) is 73.8. The van der Waals surface area contributed by atoms with E-state index < -0.39 is 0 Å². The molecule has 0 aromatic heterocycles. The van der Waals surface area contributed by atoms with Gasteiger partial charge in [0.2, 0.25) is 0 Å². The van der Waals surface area contributed by atoms with Gasteiger partial charge in [-0.1, -0.05) is 14.9 Å². The maximum atomic E-state index is 0. The molecule has 4 heavy (non-hydrogen) atoms. The summed E-state index contributed by atoms with van der Waals surface area (Å²) >= 11 is 0. The summed E-state index contributed by atoms with van der Waals surface area (Å²) in [6.07, 6.45) is 0. The normalized spacial score (nSPS) is 0. The van der Waals surface area contributed by atoms with E-state index in [4.69, 9.17) is 0 Å². The Kier molecular flexibility index (Phi) is 621. The van der Waals surface area contributed by atoms with Crippen molar-refractivity contribution < 1.29 is 34.7 Å². The van der Waals surface area contributed by atoms with E-state index in [-0.39, 0.29) is 49.6 Å². The summed E-state index contributed by atoms with van der Waals surface area (Å²) in [6, 6.07) is 0. The van der Waals surface area contributed by atoms with Crippen LogP contribution in [0, 0.1) is 0 Å².